The van der Waals surface area contributed by atoms with Gasteiger partial charge in [-0.2, -0.15) is 0 Å². The van der Waals surface area contributed by atoms with E-state index in [2.05, 4.69) is 95.3 Å². The van der Waals surface area contributed by atoms with Gasteiger partial charge in [0.15, 0.2) is 0 Å². The number of nitrogens with one attached hydrogen (secondary N) is 1. The lowest BCUT2D eigenvalue weighted by Crippen LogP contribution is -2.43. The number of aryl methyl sites for hydroxylation is 1. The van der Waals surface area contributed by atoms with Crippen molar-refractivity contribution in [3.8, 4) is 0 Å². The van der Waals surface area contributed by atoms with Crippen LogP contribution in [-0.2, 0) is 17.9 Å². The molecule has 0 unspecified atom stereocenters. The average molecular weight is 459 g/mol. The second kappa shape index (κ2) is 11.5. The van der Waals surface area contributed by atoms with Crippen LogP contribution in [0.25, 0.3) is 17.0 Å². The number of fused-ring (bicyclic) bond motifs is 1. The van der Waals surface area contributed by atoms with E-state index >= 15 is 0 Å². The minimum absolute atomic E-state index is 0.00495. The summed E-state index contributed by atoms with van der Waals surface area (Å²) in [5, 5.41) is 4.44. The molecule has 34 heavy (non-hydrogen) atoms. The first kappa shape index (κ1) is 24.2. The Morgan fingerprint density at radius 3 is 2.50 bits per heavy atom. The number of rotatable bonds is 9. The van der Waals surface area contributed by atoms with E-state index in [1.54, 1.807) is 6.08 Å². The summed E-state index contributed by atoms with van der Waals surface area (Å²) in [5.74, 6) is 0.00495. The number of benzene rings is 2. The third-order valence-corrected chi connectivity index (χ3v) is 6.85. The zero-order chi connectivity index (χ0) is 23.9. The van der Waals surface area contributed by atoms with Gasteiger partial charge in [-0.05, 0) is 64.5 Å². The van der Waals surface area contributed by atoms with Crippen molar-refractivity contribution in [3.63, 3.8) is 0 Å². The number of nitrogens with zero attached hydrogens (tertiary/aromatic N) is 3. The SMILES string of the molecule is Cc1c(C=CC(=O)NC2CCN(Cc3ccccc3)CC2)c2ccccc2n1CCCN(C)C. The van der Waals surface area contributed by atoms with Crippen LogP contribution in [0.5, 0.6) is 0 Å². The molecule has 1 fully saturated rings. The lowest BCUT2D eigenvalue weighted by atomic mass is 10.0. The van der Waals surface area contributed by atoms with E-state index in [9.17, 15) is 4.79 Å². The normalized spacial score (nSPS) is 15.5. The highest BCUT2D eigenvalue weighted by molar-refractivity contribution is 5.97. The average Bonchev–Trinajstić information content (AvgIpc) is 3.10. The van der Waals surface area contributed by atoms with Crippen LogP contribution in [-0.4, -0.2) is 60.0 Å². The van der Waals surface area contributed by atoms with Gasteiger partial charge in [-0.3, -0.25) is 9.69 Å². The van der Waals surface area contributed by atoms with Gasteiger partial charge < -0.3 is 14.8 Å². The second-order valence-electron chi connectivity index (χ2n) is 9.70. The van der Waals surface area contributed by atoms with Gasteiger partial charge in [0.25, 0.3) is 0 Å². The zero-order valence-electron chi connectivity index (χ0n) is 20.8. The van der Waals surface area contributed by atoms with Gasteiger partial charge in [-0.25, -0.2) is 0 Å². The second-order valence-corrected chi connectivity index (χ2v) is 9.70. The number of piperidine rings is 1. The summed E-state index contributed by atoms with van der Waals surface area (Å²) in [7, 11) is 4.22. The van der Waals surface area contributed by atoms with Crippen molar-refractivity contribution >= 4 is 22.9 Å². The Morgan fingerprint density at radius 2 is 1.76 bits per heavy atom. The molecule has 3 aromatic rings. The molecule has 4 rings (SSSR count). The van der Waals surface area contributed by atoms with Crippen molar-refractivity contribution in [2.45, 2.75) is 45.3 Å². The Morgan fingerprint density at radius 1 is 1.06 bits per heavy atom. The van der Waals surface area contributed by atoms with Crippen LogP contribution in [0.2, 0.25) is 0 Å². The first-order chi connectivity index (χ1) is 16.5. The minimum Gasteiger partial charge on any atom is -0.350 e. The van der Waals surface area contributed by atoms with E-state index < -0.39 is 0 Å². The molecule has 0 saturated carbocycles. The van der Waals surface area contributed by atoms with Crippen molar-refractivity contribution in [2.24, 2.45) is 0 Å². The lowest BCUT2D eigenvalue weighted by Gasteiger charge is -2.32. The van der Waals surface area contributed by atoms with Crippen LogP contribution in [0.15, 0.2) is 60.7 Å². The Balaban J connectivity index is 1.35. The largest absolute Gasteiger partial charge is 0.350 e. The fourth-order valence-corrected chi connectivity index (χ4v) is 4.99. The van der Waals surface area contributed by atoms with Gasteiger partial charge in [-0.15, -0.1) is 0 Å². The monoisotopic (exact) mass is 458 g/mol. The van der Waals surface area contributed by atoms with Crippen LogP contribution in [0.1, 0.15) is 36.1 Å². The standard InChI is InChI=1S/C29H38N4O/c1-23-26(27-12-7-8-13-28(27)33(23)19-9-18-31(2)3)14-15-29(34)30-25-16-20-32(21-17-25)22-24-10-5-4-6-11-24/h4-8,10-15,25H,9,16-22H2,1-3H3,(H,30,34). The van der Waals surface area contributed by atoms with Crippen LogP contribution in [0, 0.1) is 6.92 Å². The Labute approximate surface area is 204 Å². The summed E-state index contributed by atoms with van der Waals surface area (Å²) < 4.78 is 2.39. The van der Waals surface area contributed by atoms with Gasteiger partial charge in [0, 0.05) is 60.5 Å². The molecule has 5 heteroatoms. The van der Waals surface area contributed by atoms with E-state index in [1.807, 2.05) is 6.08 Å². The number of amides is 1. The molecule has 1 aliphatic rings. The summed E-state index contributed by atoms with van der Waals surface area (Å²) in [6.45, 7) is 7.22. The van der Waals surface area contributed by atoms with E-state index in [-0.39, 0.29) is 11.9 Å². The zero-order valence-corrected chi connectivity index (χ0v) is 20.8. The van der Waals surface area contributed by atoms with Crippen molar-refractivity contribution in [1.29, 1.82) is 0 Å². The van der Waals surface area contributed by atoms with Crippen LogP contribution < -0.4 is 5.32 Å². The topological polar surface area (TPSA) is 40.5 Å². The molecule has 1 saturated heterocycles. The maximum atomic E-state index is 12.7. The molecule has 2 heterocycles. The maximum absolute atomic E-state index is 12.7. The predicted molar refractivity (Wildman–Crippen MR) is 142 cm³/mol. The highest BCUT2D eigenvalue weighted by Gasteiger charge is 2.20. The number of likely N-dealkylation sites (tertiary alicyclic amines) is 1. The van der Waals surface area contributed by atoms with Crippen molar-refractivity contribution < 1.29 is 4.79 Å². The molecule has 1 aliphatic heterocycles. The molecular weight excluding hydrogens is 420 g/mol. The van der Waals surface area contributed by atoms with Gasteiger partial charge in [0.1, 0.15) is 0 Å². The van der Waals surface area contributed by atoms with E-state index in [0.29, 0.717) is 0 Å². The number of aromatic nitrogens is 1. The molecule has 5 nitrogen and oxygen atoms in total. The van der Waals surface area contributed by atoms with E-state index in [0.717, 1.165) is 57.5 Å². The molecule has 0 spiro atoms. The van der Waals surface area contributed by atoms with E-state index in [1.165, 1.54) is 22.2 Å². The first-order valence-electron chi connectivity index (χ1n) is 12.5. The lowest BCUT2D eigenvalue weighted by molar-refractivity contribution is -0.117. The Hall–Kier alpha value is -2.89. The predicted octanol–water partition coefficient (Wildman–Crippen LogP) is 4.70. The Bertz CT molecular complexity index is 1110. The highest BCUT2D eigenvalue weighted by Crippen LogP contribution is 2.27. The summed E-state index contributed by atoms with van der Waals surface area (Å²) in [4.78, 5) is 17.4. The molecule has 0 bridgehead atoms. The molecule has 1 N–H and O–H groups in total. The number of carbonyl (C=O) groups excluding carboxylic acids is 1. The van der Waals surface area contributed by atoms with E-state index in [4.69, 9.17) is 0 Å². The molecule has 1 amide bonds. The summed E-state index contributed by atoms with van der Waals surface area (Å²) in [6, 6.07) is 19.4. The van der Waals surface area contributed by atoms with Gasteiger partial charge in [-0.1, -0.05) is 48.5 Å². The molecule has 0 aliphatic carbocycles. The van der Waals surface area contributed by atoms with Gasteiger partial charge in [0.2, 0.25) is 5.91 Å². The quantitative estimate of drug-likeness (QED) is 0.473. The molecule has 1 aromatic heterocycles. The Kier molecular flexibility index (Phi) is 8.20. The third kappa shape index (κ3) is 6.16. The van der Waals surface area contributed by atoms with Crippen LogP contribution in [0.3, 0.4) is 0 Å². The fraction of sp³-hybridized carbons (Fsp3) is 0.414. The van der Waals surface area contributed by atoms with Gasteiger partial charge in [0.05, 0.1) is 0 Å². The third-order valence-electron chi connectivity index (χ3n) is 6.85. The number of hydrogen-bond donors (Lipinski definition) is 1. The number of para-hydroxylation sites is 1. The molecule has 0 radical (unpaired) electrons. The van der Waals surface area contributed by atoms with Crippen molar-refractivity contribution in [1.82, 2.24) is 19.7 Å². The molecule has 2 aromatic carbocycles. The van der Waals surface area contributed by atoms with Crippen molar-refractivity contribution in [3.05, 3.63) is 77.5 Å². The molecule has 180 valence electrons. The minimum atomic E-state index is 0.00495. The molecule has 0 atom stereocenters. The first-order valence-corrected chi connectivity index (χ1v) is 12.5. The summed E-state index contributed by atoms with van der Waals surface area (Å²) in [6.07, 6.45) is 6.81. The van der Waals surface area contributed by atoms with Gasteiger partial charge >= 0.3 is 0 Å². The van der Waals surface area contributed by atoms with Crippen LogP contribution >= 0.6 is 0 Å². The van der Waals surface area contributed by atoms with Crippen LogP contribution in [0.4, 0.5) is 0 Å². The van der Waals surface area contributed by atoms with Crippen molar-refractivity contribution in [2.75, 3.05) is 33.7 Å². The fourth-order valence-electron chi connectivity index (χ4n) is 4.99. The summed E-state index contributed by atoms with van der Waals surface area (Å²) in [5.41, 5.74) is 4.96. The number of hydrogen-bond acceptors (Lipinski definition) is 3. The molecular formula is C29H38N4O. The number of carbonyl (C=O) groups is 1. The smallest absolute Gasteiger partial charge is 0.244 e. The highest BCUT2D eigenvalue weighted by atomic mass is 16.1. The summed E-state index contributed by atoms with van der Waals surface area (Å²) >= 11 is 0. The maximum Gasteiger partial charge on any atom is 0.244 e.